The summed E-state index contributed by atoms with van der Waals surface area (Å²) >= 11 is 1.61. The van der Waals surface area contributed by atoms with Crippen LogP contribution in [0.1, 0.15) is 24.8 Å². The lowest BCUT2D eigenvalue weighted by molar-refractivity contribution is -0.126. The molecule has 23 heavy (non-hydrogen) atoms. The molecule has 3 rings (SSSR count). The molecule has 1 N–H and O–H groups in total. The van der Waals surface area contributed by atoms with Gasteiger partial charge in [0.1, 0.15) is 11.6 Å². The molecule has 2 heterocycles. The number of nitrogens with one attached hydrogen (secondary N) is 1. The van der Waals surface area contributed by atoms with E-state index in [4.69, 9.17) is 4.74 Å². The van der Waals surface area contributed by atoms with Gasteiger partial charge < -0.3 is 10.1 Å². The number of rotatable bonds is 7. The molecule has 1 amide bonds. The zero-order valence-electron chi connectivity index (χ0n) is 13.5. The van der Waals surface area contributed by atoms with Gasteiger partial charge in [0.25, 0.3) is 0 Å². The second-order valence-corrected chi connectivity index (χ2v) is 7.08. The first-order valence-electron chi connectivity index (χ1n) is 8.15. The Morgan fingerprint density at radius 3 is 2.96 bits per heavy atom. The molecule has 1 aromatic heterocycles. The maximum atomic E-state index is 11.9. The second-order valence-electron chi connectivity index (χ2n) is 5.96. The Balaban J connectivity index is 1.37. The van der Waals surface area contributed by atoms with Crippen LogP contribution in [-0.4, -0.2) is 48.1 Å². The van der Waals surface area contributed by atoms with E-state index >= 15 is 0 Å². The number of nitrogens with zero attached hydrogens (tertiary/aromatic N) is 2. The van der Waals surface area contributed by atoms with Crippen molar-refractivity contribution in [2.24, 2.45) is 0 Å². The average molecular weight is 333 g/mol. The van der Waals surface area contributed by atoms with E-state index in [-0.39, 0.29) is 12.5 Å². The monoisotopic (exact) mass is 333 g/mol. The lowest BCUT2D eigenvalue weighted by Gasteiger charge is -2.23. The molecule has 0 radical (unpaired) electrons. The van der Waals surface area contributed by atoms with Gasteiger partial charge >= 0.3 is 0 Å². The molecule has 6 heteroatoms. The minimum atomic E-state index is -0.0582. The smallest absolute Gasteiger partial charge is 0.246 e. The number of ether oxygens (including phenoxy) is 1. The van der Waals surface area contributed by atoms with Crippen molar-refractivity contribution in [1.29, 1.82) is 0 Å². The van der Waals surface area contributed by atoms with Crippen LogP contribution >= 0.6 is 11.3 Å². The third-order valence-electron chi connectivity index (χ3n) is 4.16. The van der Waals surface area contributed by atoms with E-state index in [0.29, 0.717) is 19.2 Å². The molecule has 0 spiro atoms. The highest BCUT2D eigenvalue weighted by molar-refractivity contribution is 7.18. The molecule has 0 aliphatic carbocycles. The number of hydrogen-bond donors (Lipinski definition) is 1. The molecular formula is C17H23N3O2S. The molecule has 0 saturated carbocycles. The van der Waals surface area contributed by atoms with Gasteiger partial charge in [0.15, 0.2) is 0 Å². The van der Waals surface area contributed by atoms with Crippen LogP contribution in [0.3, 0.4) is 0 Å². The number of fused-ring (bicyclic) bond motifs is 1. The lowest BCUT2D eigenvalue weighted by Crippen LogP contribution is -2.41. The van der Waals surface area contributed by atoms with E-state index in [1.165, 1.54) is 12.8 Å². The molecule has 1 aliphatic heterocycles. The van der Waals surface area contributed by atoms with Gasteiger partial charge in [-0.15, -0.1) is 11.3 Å². The summed E-state index contributed by atoms with van der Waals surface area (Å²) in [5.41, 5.74) is 0.986. The van der Waals surface area contributed by atoms with Gasteiger partial charge in [0, 0.05) is 12.6 Å². The number of carbonyl (C=O) groups is 1. The maximum Gasteiger partial charge on any atom is 0.246 e. The Kier molecular flexibility index (Phi) is 5.59. The average Bonchev–Trinajstić information content (AvgIpc) is 3.21. The van der Waals surface area contributed by atoms with Crippen molar-refractivity contribution in [3.8, 4) is 0 Å². The van der Waals surface area contributed by atoms with E-state index in [9.17, 15) is 4.79 Å². The minimum absolute atomic E-state index is 0.0582. The van der Waals surface area contributed by atoms with Crippen molar-refractivity contribution in [2.75, 3.05) is 26.2 Å². The fraction of sp³-hybridized carbons (Fsp3) is 0.529. The molecular weight excluding hydrogens is 310 g/mol. The summed E-state index contributed by atoms with van der Waals surface area (Å²) in [6, 6.07) is 8.40. The van der Waals surface area contributed by atoms with Crippen LogP contribution in [0.5, 0.6) is 0 Å². The van der Waals surface area contributed by atoms with Gasteiger partial charge in [-0.25, -0.2) is 4.98 Å². The molecule has 1 fully saturated rings. The highest BCUT2D eigenvalue weighted by atomic mass is 32.1. The first-order valence-corrected chi connectivity index (χ1v) is 8.97. The van der Waals surface area contributed by atoms with E-state index in [1.807, 2.05) is 24.3 Å². The second kappa shape index (κ2) is 7.86. The summed E-state index contributed by atoms with van der Waals surface area (Å²) in [6.45, 7) is 5.60. The molecule has 2 aromatic rings. The van der Waals surface area contributed by atoms with Crippen LogP contribution in [0.25, 0.3) is 10.2 Å². The van der Waals surface area contributed by atoms with Gasteiger partial charge in [-0.1, -0.05) is 12.1 Å². The van der Waals surface area contributed by atoms with Crippen LogP contribution < -0.4 is 5.32 Å². The van der Waals surface area contributed by atoms with E-state index < -0.39 is 0 Å². The maximum absolute atomic E-state index is 11.9. The Morgan fingerprint density at radius 1 is 1.39 bits per heavy atom. The van der Waals surface area contributed by atoms with Crippen molar-refractivity contribution in [1.82, 2.24) is 15.2 Å². The van der Waals surface area contributed by atoms with Gasteiger partial charge in [-0.05, 0) is 45.0 Å². The first-order chi connectivity index (χ1) is 11.2. The molecule has 1 aromatic carbocycles. The quantitative estimate of drug-likeness (QED) is 0.845. The van der Waals surface area contributed by atoms with Crippen LogP contribution in [0.15, 0.2) is 24.3 Å². The predicted molar refractivity (Wildman–Crippen MR) is 92.6 cm³/mol. The SMILES string of the molecule is CC(CNC(=O)COCc1nc2ccccc2s1)N1CCCC1. The number of carbonyl (C=O) groups excluding carboxylic acids is 1. The molecule has 0 bridgehead atoms. The molecule has 5 nitrogen and oxygen atoms in total. The fourth-order valence-electron chi connectivity index (χ4n) is 2.84. The van der Waals surface area contributed by atoms with Gasteiger partial charge in [0.05, 0.1) is 16.8 Å². The lowest BCUT2D eigenvalue weighted by atomic mass is 10.3. The van der Waals surface area contributed by atoms with Gasteiger partial charge in [-0.2, -0.15) is 0 Å². The van der Waals surface area contributed by atoms with Crippen LogP contribution in [0.2, 0.25) is 0 Å². The summed E-state index contributed by atoms with van der Waals surface area (Å²) in [4.78, 5) is 18.8. The number of likely N-dealkylation sites (tertiary alicyclic amines) is 1. The zero-order valence-corrected chi connectivity index (χ0v) is 14.3. The molecule has 1 atom stereocenters. The van der Waals surface area contributed by atoms with Crippen LogP contribution in [0.4, 0.5) is 0 Å². The highest BCUT2D eigenvalue weighted by Crippen LogP contribution is 2.21. The van der Waals surface area contributed by atoms with Crippen LogP contribution in [-0.2, 0) is 16.1 Å². The summed E-state index contributed by atoms with van der Waals surface area (Å²) in [6.07, 6.45) is 2.53. The summed E-state index contributed by atoms with van der Waals surface area (Å²) in [5.74, 6) is -0.0582. The molecule has 124 valence electrons. The standard InChI is InChI=1S/C17H23N3O2S/c1-13(20-8-4-5-9-20)10-18-16(21)11-22-12-17-19-14-6-2-3-7-15(14)23-17/h2-3,6-7,13H,4-5,8-12H2,1H3,(H,18,21). The van der Waals surface area contributed by atoms with E-state index in [2.05, 4.69) is 22.1 Å². The van der Waals surface area contributed by atoms with E-state index in [1.54, 1.807) is 11.3 Å². The van der Waals surface area contributed by atoms with Crippen molar-refractivity contribution < 1.29 is 9.53 Å². The summed E-state index contributed by atoms with van der Waals surface area (Å²) in [5, 5.41) is 3.86. The number of thiazole rings is 1. The molecule has 1 saturated heterocycles. The topological polar surface area (TPSA) is 54.5 Å². The van der Waals surface area contributed by atoms with E-state index in [0.717, 1.165) is 28.3 Å². The first kappa shape index (κ1) is 16.4. The van der Waals surface area contributed by atoms with Gasteiger partial charge in [0.2, 0.25) is 5.91 Å². The summed E-state index contributed by atoms with van der Waals surface area (Å²) in [7, 11) is 0. The number of para-hydroxylation sites is 1. The third kappa shape index (κ3) is 4.50. The number of hydrogen-bond acceptors (Lipinski definition) is 5. The van der Waals surface area contributed by atoms with Gasteiger partial charge in [-0.3, -0.25) is 9.69 Å². The zero-order chi connectivity index (χ0) is 16.1. The predicted octanol–water partition coefficient (Wildman–Crippen LogP) is 2.41. The largest absolute Gasteiger partial charge is 0.364 e. The number of aromatic nitrogens is 1. The Labute approximate surface area is 140 Å². The van der Waals surface area contributed by atoms with Crippen molar-refractivity contribution >= 4 is 27.5 Å². The molecule has 1 aliphatic rings. The minimum Gasteiger partial charge on any atom is -0.364 e. The van der Waals surface area contributed by atoms with Crippen molar-refractivity contribution in [3.05, 3.63) is 29.3 Å². The number of amides is 1. The summed E-state index contributed by atoms with van der Waals surface area (Å²) < 4.78 is 6.64. The van der Waals surface area contributed by atoms with Crippen molar-refractivity contribution in [2.45, 2.75) is 32.4 Å². The Hall–Kier alpha value is -1.50. The molecule has 1 unspecified atom stereocenters. The third-order valence-corrected chi connectivity index (χ3v) is 5.17. The van der Waals surface area contributed by atoms with Crippen molar-refractivity contribution in [3.63, 3.8) is 0 Å². The Morgan fingerprint density at radius 2 is 2.17 bits per heavy atom. The van der Waals surface area contributed by atoms with Crippen LogP contribution in [0, 0.1) is 0 Å². The number of benzene rings is 1. The fourth-order valence-corrected chi connectivity index (χ4v) is 3.74. The Bertz CT molecular complexity index is 619. The highest BCUT2D eigenvalue weighted by Gasteiger charge is 2.18. The normalized spacial score (nSPS) is 16.7.